The van der Waals surface area contributed by atoms with Gasteiger partial charge in [-0.3, -0.25) is 0 Å². The zero-order chi connectivity index (χ0) is 33.0. The van der Waals surface area contributed by atoms with Gasteiger partial charge >= 0.3 is 0 Å². The van der Waals surface area contributed by atoms with E-state index in [0.717, 1.165) is 34.5 Å². The highest BCUT2D eigenvalue weighted by Crippen LogP contribution is 2.50. The average molecular weight is 638 g/mol. The summed E-state index contributed by atoms with van der Waals surface area (Å²) in [5, 5.41) is 0. The molecule has 3 heteroatoms. The summed E-state index contributed by atoms with van der Waals surface area (Å²) in [6.45, 7) is 0. The van der Waals surface area contributed by atoms with Crippen LogP contribution in [0.4, 0.5) is 0 Å². The van der Waals surface area contributed by atoms with Gasteiger partial charge in [-0.1, -0.05) is 158 Å². The Morgan fingerprint density at radius 2 is 0.960 bits per heavy atom. The minimum absolute atomic E-state index is 0.142. The molecule has 0 saturated heterocycles. The van der Waals surface area contributed by atoms with Crippen molar-refractivity contribution in [2.75, 3.05) is 0 Å². The van der Waals surface area contributed by atoms with Crippen molar-refractivity contribution < 1.29 is 0 Å². The maximum Gasteiger partial charge on any atom is 0.163 e. The molecule has 50 heavy (non-hydrogen) atoms. The second-order valence-electron chi connectivity index (χ2n) is 13.1. The number of fused-ring (bicyclic) bond motifs is 6. The fourth-order valence-corrected chi connectivity index (χ4v) is 7.92. The predicted molar refractivity (Wildman–Crippen MR) is 203 cm³/mol. The third-order valence-electron chi connectivity index (χ3n) is 10.3. The zero-order valence-corrected chi connectivity index (χ0v) is 27.3. The Labute approximate surface area is 291 Å². The predicted octanol–water partition coefficient (Wildman–Crippen LogP) is 11.3. The molecule has 10 rings (SSSR count). The van der Waals surface area contributed by atoms with Crippen LogP contribution in [0.25, 0.3) is 67.3 Å². The molecule has 1 unspecified atom stereocenters. The van der Waals surface area contributed by atoms with Crippen molar-refractivity contribution in [1.29, 1.82) is 0 Å². The molecule has 234 valence electrons. The summed E-state index contributed by atoms with van der Waals surface area (Å²) in [7, 11) is 0. The summed E-state index contributed by atoms with van der Waals surface area (Å²) < 4.78 is 0. The molecule has 0 radical (unpaired) electrons. The van der Waals surface area contributed by atoms with E-state index in [1.165, 1.54) is 55.6 Å². The Kier molecular flexibility index (Phi) is 6.63. The lowest BCUT2D eigenvalue weighted by atomic mass is 9.90. The van der Waals surface area contributed by atoms with Gasteiger partial charge in [0.05, 0.1) is 5.92 Å². The molecule has 7 aromatic carbocycles. The highest BCUT2D eigenvalue weighted by atomic mass is 15.0. The standard InChI is InChI=1S/C47H31N3/c1-3-13-30(14-4-1)32-18-11-19-35(27-32)46-48-45(31-15-5-2-6-16-31)49-47(50-46)44-41-22-10-9-21-39(41)40-26-25-34(29-43(40)44)37-23-12-24-38-36-20-8-7-17-33(36)28-42(37)38/h1-27,29,44H,28H2. The first-order valence-electron chi connectivity index (χ1n) is 17.2. The van der Waals surface area contributed by atoms with Crippen LogP contribution in [0, 0.1) is 0 Å². The van der Waals surface area contributed by atoms with Crippen LogP contribution in [0.1, 0.15) is 34.0 Å². The molecule has 0 spiro atoms. The molecule has 3 nitrogen and oxygen atoms in total. The molecule has 1 heterocycles. The Hall–Kier alpha value is -6.45. The van der Waals surface area contributed by atoms with Crippen LogP contribution in [0.5, 0.6) is 0 Å². The van der Waals surface area contributed by atoms with Gasteiger partial charge in [0, 0.05) is 11.1 Å². The van der Waals surface area contributed by atoms with Gasteiger partial charge < -0.3 is 0 Å². The van der Waals surface area contributed by atoms with Crippen LogP contribution in [0.3, 0.4) is 0 Å². The first kappa shape index (κ1) is 28.6. The van der Waals surface area contributed by atoms with Crippen LogP contribution in [0.15, 0.2) is 170 Å². The molecule has 0 amide bonds. The summed E-state index contributed by atoms with van der Waals surface area (Å²) in [5.74, 6) is 1.97. The van der Waals surface area contributed by atoms with E-state index in [-0.39, 0.29) is 5.92 Å². The molecule has 2 aliphatic rings. The second kappa shape index (κ2) is 11.6. The molecule has 0 saturated carbocycles. The van der Waals surface area contributed by atoms with Crippen LogP contribution < -0.4 is 0 Å². The van der Waals surface area contributed by atoms with Crippen molar-refractivity contribution in [1.82, 2.24) is 15.0 Å². The van der Waals surface area contributed by atoms with Gasteiger partial charge in [0.2, 0.25) is 0 Å². The first-order chi connectivity index (χ1) is 24.8. The van der Waals surface area contributed by atoms with Crippen molar-refractivity contribution in [3.05, 3.63) is 198 Å². The smallest absolute Gasteiger partial charge is 0.163 e. The highest BCUT2D eigenvalue weighted by Gasteiger charge is 2.33. The molecule has 0 fully saturated rings. The number of rotatable bonds is 5. The summed E-state index contributed by atoms with van der Waals surface area (Å²) in [6.07, 6.45) is 0.946. The van der Waals surface area contributed by atoms with E-state index in [1.54, 1.807) is 0 Å². The molecule has 8 aromatic rings. The minimum atomic E-state index is -0.142. The molecular weight excluding hydrogens is 607 g/mol. The minimum Gasteiger partial charge on any atom is -0.212 e. The average Bonchev–Trinajstić information content (AvgIpc) is 3.74. The van der Waals surface area contributed by atoms with E-state index in [4.69, 9.17) is 15.0 Å². The number of benzene rings is 7. The Bertz CT molecular complexity index is 2570. The van der Waals surface area contributed by atoms with Gasteiger partial charge in [0.25, 0.3) is 0 Å². The fraction of sp³-hybridized carbons (Fsp3) is 0.0426. The molecular formula is C47H31N3. The van der Waals surface area contributed by atoms with Gasteiger partial charge in [-0.25, -0.2) is 15.0 Å². The maximum absolute atomic E-state index is 5.31. The second-order valence-corrected chi connectivity index (χ2v) is 13.1. The van der Waals surface area contributed by atoms with Crippen molar-refractivity contribution in [3.63, 3.8) is 0 Å². The Balaban J connectivity index is 1.15. The molecule has 1 atom stereocenters. The van der Waals surface area contributed by atoms with Crippen LogP contribution in [0.2, 0.25) is 0 Å². The summed E-state index contributed by atoms with van der Waals surface area (Å²) >= 11 is 0. The Morgan fingerprint density at radius 3 is 1.80 bits per heavy atom. The van der Waals surface area contributed by atoms with E-state index in [0.29, 0.717) is 11.6 Å². The Morgan fingerprint density at radius 1 is 0.360 bits per heavy atom. The third kappa shape index (κ3) is 4.70. The first-order valence-corrected chi connectivity index (χ1v) is 17.2. The van der Waals surface area contributed by atoms with Crippen LogP contribution in [-0.4, -0.2) is 15.0 Å². The van der Waals surface area contributed by atoms with Crippen molar-refractivity contribution in [2.24, 2.45) is 0 Å². The summed E-state index contributed by atoms with van der Waals surface area (Å²) in [4.78, 5) is 15.7. The highest BCUT2D eigenvalue weighted by molar-refractivity contribution is 5.88. The lowest BCUT2D eigenvalue weighted by molar-refractivity contribution is 0.856. The monoisotopic (exact) mass is 637 g/mol. The van der Waals surface area contributed by atoms with E-state index >= 15 is 0 Å². The lowest BCUT2D eigenvalue weighted by Crippen LogP contribution is -2.09. The number of hydrogen-bond donors (Lipinski definition) is 0. The molecule has 2 aliphatic carbocycles. The third-order valence-corrected chi connectivity index (χ3v) is 10.3. The van der Waals surface area contributed by atoms with Crippen LogP contribution >= 0.6 is 0 Å². The summed E-state index contributed by atoms with van der Waals surface area (Å²) in [6, 6.07) is 60.5. The molecule has 0 bridgehead atoms. The zero-order valence-electron chi connectivity index (χ0n) is 27.3. The lowest BCUT2D eigenvalue weighted by Gasteiger charge is -2.17. The number of hydrogen-bond acceptors (Lipinski definition) is 3. The number of aromatic nitrogens is 3. The molecule has 0 N–H and O–H groups in total. The molecule has 1 aromatic heterocycles. The van der Waals surface area contributed by atoms with Crippen LogP contribution in [-0.2, 0) is 6.42 Å². The normalized spacial score (nSPS) is 13.7. The maximum atomic E-state index is 5.31. The van der Waals surface area contributed by atoms with Gasteiger partial charge in [-0.05, 0) is 85.3 Å². The van der Waals surface area contributed by atoms with Crippen molar-refractivity contribution in [2.45, 2.75) is 12.3 Å². The van der Waals surface area contributed by atoms with E-state index in [9.17, 15) is 0 Å². The van der Waals surface area contributed by atoms with E-state index in [1.807, 2.05) is 24.3 Å². The quantitative estimate of drug-likeness (QED) is 0.188. The van der Waals surface area contributed by atoms with E-state index < -0.39 is 0 Å². The van der Waals surface area contributed by atoms with Gasteiger partial charge in [-0.2, -0.15) is 0 Å². The largest absolute Gasteiger partial charge is 0.212 e. The van der Waals surface area contributed by atoms with Crippen molar-refractivity contribution in [3.8, 4) is 67.3 Å². The summed E-state index contributed by atoms with van der Waals surface area (Å²) in [5.41, 5.74) is 17.1. The van der Waals surface area contributed by atoms with Crippen molar-refractivity contribution >= 4 is 0 Å². The fourth-order valence-electron chi connectivity index (χ4n) is 7.92. The van der Waals surface area contributed by atoms with Gasteiger partial charge in [0.15, 0.2) is 11.6 Å². The van der Waals surface area contributed by atoms with Gasteiger partial charge in [-0.15, -0.1) is 0 Å². The number of nitrogens with zero attached hydrogens (tertiary/aromatic N) is 3. The van der Waals surface area contributed by atoms with E-state index in [2.05, 4.69) is 146 Å². The SMILES string of the molecule is c1ccc(-c2cccc(-c3nc(-c4ccccc4)nc(C4c5ccccc5-c5ccc(-c6cccc7c6Cc6ccccc6-7)cc54)n3)c2)cc1. The van der Waals surface area contributed by atoms with Gasteiger partial charge in [0.1, 0.15) is 5.82 Å². The topological polar surface area (TPSA) is 38.7 Å². The molecule has 0 aliphatic heterocycles.